The van der Waals surface area contributed by atoms with Gasteiger partial charge in [-0.25, -0.2) is 0 Å². The van der Waals surface area contributed by atoms with E-state index in [0.717, 1.165) is 5.56 Å². The Labute approximate surface area is 147 Å². The van der Waals surface area contributed by atoms with Crippen LogP contribution >= 0.6 is 11.6 Å². The van der Waals surface area contributed by atoms with Gasteiger partial charge in [-0.2, -0.15) is 0 Å². The van der Waals surface area contributed by atoms with Crippen molar-refractivity contribution >= 4 is 29.1 Å². The van der Waals surface area contributed by atoms with Gasteiger partial charge in [-0.15, -0.1) is 0 Å². The average Bonchev–Trinajstić information content (AvgIpc) is 2.54. The highest BCUT2D eigenvalue weighted by Gasteiger charge is 2.24. The van der Waals surface area contributed by atoms with Crippen LogP contribution in [-0.2, 0) is 15.0 Å². The van der Waals surface area contributed by atoms with Crippen molar-refractivity contribution in [2.24, 2.45) is 0 Å². The molecule has 0 aliphatic rings. The van der Waals surface area contributed by atoms with Gasteiger partial charge in [0.2, 0.25) is 11.8 Å². The van der Waals surface area contributed by atoms with Crippen LogP contribution in [0.4, 0.5) is 5.69 Å². The lowest BCUT2D eigenvalue weighted by Gasteiger charge is -2.24. The Morgan fingerprint density at radius 2 is 1.58 bits per heavy atom. The highest BCUT2D eigenvalue weighted by Crippen LogP contribution is 2.27. The van der Waals surface area contributed by atoms with Gasteiger partial charge in [-0.3, -0.25) is 9.59 Å². The van der Waals surface area contributed by atoms with E-state index in [9.17, 15) is 9.59 Å². The first-order valence-electron chi connectivity index (χ1n) is 7.74. The summed E-state index contributed by atoms with van der Waals surface area (Å²) in [5.74, 6) is -0.419. The first kappa shape index (κ1) is 18.0. The molecule has 0 aliphatic heterocycles. The summed E-state index contributed by atoms with van der Waals surface area (Å²) in [6.07, 6.45) is 0.285. The molecule has 2 aromatic carbocycles. The number of para-hydroxylation sites is 1. The van der Waals surface area contributed by atoms with E-state index < -0.39 is 0 Å². The Morgan fingerprint density at radius 3 is 2.21 bits per heavy atom. The highest BCUT2D eigenvalue weighted by molar-refractivity contribution is 6.30. The number of nitrogens with one attached hydrogen (secondary N) is 2. The molecule has 0 saturated heterocycles. The summed E-state index contributed by atoms with van der Waals surface area (Å²) < 4.78 is 0. The smallest absolute Gasteiger partial charge is 0.243 e. The van der Waals surface area contributed by atoms with E-state index in [1.807, 2.05) is 56.3 Å². The third-order valence-electron chi connectivity index (χ3n) is 3.73. The molecule has 2 amide bonds. The second-order valence-corrected chi connectivity index (χ2v) is 6.69. The molecule has 126 valence electrons. The van der Waals surface area contributed by atoms with Gasteiger partial charge in [0.1, 0.15) is 0 Å². The van der Waals surface area contributed by atoms with E-state index in [-0.39, 0.29) is 30.2 Å². The Balaban J connectivity index is 1.84. The molecule has 0 unspecified atom stereocenters. The molecule has 0 spiro atoms. The third kappa shape index (κ3) is 5.39. The van der Waals surface area contributed by atoms with Crippen LogP contribution in [0.2, 0.25) is 5.02 Å². The quantitative estimate of drug-likeness (QED) is 0.838. The molecule has 4 nitrogen and oxygen atoms in total. The minimum Gasteiger partial charge on any atom is -0.347 e. The van der Waals surface area contributed by atoms with Gasteiger partial charge >= 0.3 is 0 Å². The normalized spacial score (nSPS) is 11.0. The van der Waals surface area contributed by atoms with Gasteiger partial charge in [0, 0.05) is 17.1 Å². The number of benzene rings is 2. The lowest BCUT2D eigenvalue weighted by molar-refractivity contribution is -0.125. The van der Waals surface area contributed by atoms with Crippen molar-refractivity contribution in [1.29, 1.82) is 0 Å². The van der Waals surface area contributed by atoms with Crippen molar-refractivity contribution in [3.05, 3.63) is 65.2 Å². The Hall–Kier alpha value is -2.33. The van der Waals surface area contributed by atoms with Crippen molar-refractivity contribution in [3.8, 4) is 0 Å². The molecule has 0 bridgehead atoms. The van der Waals surface area contributed by atoms with Crippen LogP contribution < -0.4 is 10.6 Å². The predicted molar refractivity (Wildman–Crippen MR) is 97.2 cm³/mol. The molecule has 0 aromatic heterocycles. The second-order valence-electron chi connectivity index (χ2n) is 6.26. The Bertz CT molecular complexity index is 697. The molecule has 0 saturated carbocycles. The summed E-state index contributed by atoms with van der Waals surface area (Å²) >= 11 is 5.89. The van der Waals surface area contributed by atoms with Crippen LogP contribution in [0.15, 0.2) is 54.6 Å². The van der Waals surface area contributed by atoms with Crippen LogP contribution in [0.5, 0.6) is 0 Å². The number of carbonyl (C=O) groups excluding carboxylic acids is 2. The average molecular weight is 345 g/mol. The highest BCUT2D eigenvalue weighted by atomic mass is 35.5. The van der Waals surface area contributed by atoms with Crippen LogP contribution in [0.1, 0.15) is 25.8 Å². The van der Waals surface area contributed by atoms with E-state index in [4.69, 9.17) is 11.6 Å². The maximum absolute atomic E-state index is 12.1. The molecule has 2 aromatic rings. The van der Waals surface area contributed by atoms with Crippen molar-refractivity contribution in [2.45, 2.75) is 25.7 Å². The predicted octanol–water partition coefficient (Wildman–Crippen LogP) is 3.76. The second kappa shape index (κ2) is 7.97. The fourth-order valence-electron chi connectivity index (χ4n) is 2.37. The van der Waals surface area contributed by atoms with Crippen molar-refractivity contribution in [2.75, 3.05) is 11.9 Å². The first-order chi connectivity index (χ1) is 11.4. The molecule has 0 aliphatic carbocycles. The first-order valence-corrected chi connectivity index (χ1v) is 8.12. The topological polar surface area (TPSA) is 58.2 Å². The number of rotatable bonds is 6. The van der Waals surface area contributed by atoms with Crippen LogP contribution in [0, 0.1) is 0 Å². The van der Waals surface area contributed by atoms with Gasteiger partial charge in [0.15, 0.2) is 0 Å². The largest absolute Gasteiger partial charge is 0.347 e. The van der Waals surface area contributed by atoms with Crippen LogP contribution in [0.25, 0.3) is 0 Å². The zero-order chi connectivity index (χ0) is 17.6. The van der Waals surface area contributed by atoms with Gasteiger partial charge in [-0.1, -0.05) is 55.8 Å². The SMILES string of the molecule is CC(C)(CC(=O)NCC(=O)Nc1ccccc1)c1ccc(Cl)cc1. The minimum atomic E-state index is -0.343. The summed E-state index contributed by atoms with van der Waals surface area (Å²) in [5, 5.41) is 6.06. The number of amides is 2. The van der Waals surface area contributed by atoms with E-state index in [2.05, 4.69) is 10.6 Å². The maximum Gasteiger partial charge on any atom is 0.243 e. The maximum atomic E-state index is 12.1. The molecule has 0 atom stereocenters. The number of anilines is 1. The Kier molecular flexibility index (Phi) is 5.99. The van der Waals surface area contributed by atoms with Crippen molar-refractivity contribution in [1.82, 2.24) is 5.32 Å². The van der Waals surface area contributed by atoms with Gasteiger partial charge < -0.3 is 10.6 Å². The summed E-state index contributed by atoms with van der Waals surface area (Å²) in [6.45, 7) is 3.92. The number of halogens is 1. The van der Waals surface area contributed by atoms with Crippen molar-refractivity contribution < 1.29 is 9.59 Å². The molecular weight excluding hydrogens is 324 g/mol. The monoisotopic (exact) mass is 344 g/mol. The van der Waals surface area contributed by atoms with Gasteiger partial charge in [0.05, 0.1) is 6.54 Å². The van der Waals surface area contributed by atoms with Crippen LogP contribution in [0.3, 0.4) is 0 Å². The summed E-state index contributed by atoms with van der Waals surface area (Å²) in [4.78, 5) is 24.0. The lowest BCUT2D eigenvalue weighted by atomic mass is 9.81. The van der Waals surface area contributed by atoms with E-state index >= 15 is 0 Å². The van der Waals surface area contributed by atoms with E-state index in [1.54, 1.807) is 12.1 Å². The molecule has 5 heteroatoms. The van der Waals surface area contributed by atoms with Crippen LogP contribution in [-0.4, -0.2) is 18.4 Å². The number of carbonyl (C=O) groups is 2. The molecule has 0 radical (unpaired) electrons. The molecule has 2 rings (SSSR count). The number of hydrogen-bond donors (Lipinski definition) is 2. The summed E-state index contributed by atoms with van der Waals surface area (Å²) in [7, 11) is 0. The van der Waals surface area contributed by atoms with Gasteiger partial charge in [0.25, 0.3) is 0 Å². The Morgan fingerprint density at radius 1 is 0.958 bits per heavy atom. The van der Waals surface area contributed by atoms with E-state index in [1.165, 1.54) is 0 Å². The molecule has 2 N–H and O–H groups in total. The molecular formula is C19H21ClN2O2. The fraction of sp³-hybridized carbons (Fsp3) is 0.263. The molecule has 0 heterocycles. The fourth-order valence-corrected chi connectivity index (χ4v) is 2.50. The van der Waals surface area contributed by atoms with Gasteiger partial charge in [-0.05, 0) is 35.2 Å². The number of hydrogen-bond acceptors (Lipinski definition) is 2. The van der Waals surface area contributed by atoms with E-state index in [0.29, 0.717) is 10.7 Å². The zero-order valence-corrected chi connectivity index (χ0v) is 14.6. The third-order valence-corrected chi connectivity index (χ3v) is 3.98. The summed E-state index contributed by atoms with van der Waals surface area (Å²) in [5.41, 5.74) is 1.39. The summed E-state index contributed by atoms with van der Waals surface area (Å²) in [6, 6.07) is 16.6. The minimum absolute atomic E-state index is 0.0512. The van der Waals surface area contributed by atoms with Crippen molar-refractivity contribution in [3.63, 3.8) is 0 Å². The molecule has 0 fully saturated rings. The lowest BCUT2D eigenvalue weighted by Crippen LogP contribution is -2.36. The standard InChI is InChI=1S/C19H21ClN2O2/c1-19(2,14-8-10-15(20)11-9-14)12-17(23)21-13-18(24)22-16-6-4-3-5-7-16/h3-11H,12-13H2,1-2H3,(H,21,23)(H,22,24). The molecule has 24 heavy (non-hydrogen) atoms. The zero-order valence-electron chi connectivity index (χ0n) is 13.8.